The number of carboxylic acids is 1. The van der Waals surface area contributed by atoms with Gasteiger partial charge in [0, 0.05) is 20.3 Å². The largest absolute Gasteiger partial charge is 0.477 e. The fraction of sp³-hybridized carbons (Fsp3) is 0.895. The summed E-state index contributed by atoms with van der Waals surface area (Å²) in [5.74, 6) is -8.28. The van der Waals surface area contributed by atoms with E-state index in [1.54, 1.807) is 6.08 Å². The topological polar surface area (TPSA) is 541 Å². The lowest BCUT2D eigenvalue weighted by molar-refractivity contribution is -0.403. The van der Waals surface area contributed by atoms with E-state index in [0.717, 1.165) is 46.0 Å². The Balaban J connectivity index is 1.44. The van der Waals surface area contributed by atoms with Crippen molar-refractivity contribution in [3.05, 3.63) is 12.2 Å². The number of allylic oxidation sites excluding steroid dienone is 1. The molecule has 0 bridgehead atoms. The molecule has 34 nitrogen and oxygen atoms in total. The first-order valence-electron chi connectivity index (χ1n) is 31.2. The highest BCUT2D eigenvalue weighted by Gasteiger charge is 2.62. The standard InChI is InChI=1S/C57H97Cl2N3O31/c1-4-5-6-7-8-9-10-11-12-13-14-15-16-17-28(70)27(62-51(81)50(58)59)24-84-53-43(79)41(77)46(33(22-66)87-53)90-55-44(80)49(93-57(56(82)83)18-29(71)35(60-25(2)68)48(92-57)37(73)30(72)19-63)47(34(23-67)88-55)91-52-36(61-26(3)69)39(75)45(32(21-65)86-52)89-54-42(78)40(76)38(74)31(20-64)85-54/h16-17,27-50,52-55,63-67,70-80H,4-15,18-24H2,1-3H3,(H,60,68)(H,61,69)(H,62,81)(H,82,83)/b17-16+/t27-,28+,29-,30+,31+,32+,33+,34+,35+,36+,37+,38-,39+,40-,41+,42+,43+,44+,45-,46+,47-,48+,49+,52-,53+,54+,55-,57-/m0/s1. The summed E-state index contributed by atoms with van der Waals surface area (Å²) in [5.41, 5.74) is 0. The maximum Gasteiger partial charge on any atom is 0.364 e. The zero-order valence-electron chi connectivity index (χ0n) is 51.8. The predicted octanol–water partition coefficient (Wildman–Crippen LogP) is -6.50. The van der Waals surface area contributed by atoms with Gasteiger partial charge in [-0.2, -0.15) is 0 Å². The van der Waals surface area contributed by atoms with Crippen molar-refractivity contribution in [2.45, 2.75) is 280 Å². The molecular formula is C57H97Cl2N3O31. The quantitative estimate of drug-likeness (QED) is 0.0156. The monoisotopic (exact) mass is 1390 g/mol. The molecule has 3 amide bonds. The van der Waals surface area contributed by atoms with Crippen LogP contribution in [-0.2, 0) is 66.5 Å². The fourth-order valence-corrected chi connectivity index (χ4v) is 11.8. The Labute approximate surface area is 546 Å². The van der Waals surface area contributed by atoms with Crippen LogP contribution in [0, 0.1) is 0 Å². The van der Waals surface area contributed by atoms with Crippen molar-refractivity contribution in [1.82, 2.24) is 16.0 Å². The highest BCUT2D eigenvalue weighted by molar-refractivity contribution is 6.53. The molecule has 5 saturated heterocycles. The van der Waals surface area contributed by atoms with Crippen molar-refractivity contribution in [2.75, 3.05) is 39.6 Å². The Hall–Kier alpha value is -2.84. The molecule has 0 aromatic carbocycles. The van der Waals surface area contributed by atoms with Gasteiger partial charge in [0.05, 0.1) is 63.9 Å². The van der Waals surface area contributed by atoms with Crippen molar-refractivity contribution in [2.24, 2.45) is 0 Å². The molecule has 20 N–H and O–H groups in total. The van der Waals surface area contributed by atoms with E-state index in [2.05, 4.69) is 22.9 Å². The van der Waals surface area contributed by atoms with Gasteiger partial charge in [0.1, 0.15) is 116 Å². The molecule has 36 heteroatoms. The number of aliphatic hydroxyl groups is 16. The Kier molecular flexibility index (Phi) is 34.0. The summed E-state index contributed by atoms with van der Waals surface area (Å²) in [7, 11) is 0. The van der Waals surface area contributed by atoms with Crippen LogP contribution in [0.25, 0.3) is 0 Å². The average molecular weight is 1390 g/mol. The molecule has 5 fully saturated rings. The molecule has 5 aliphatic rings. The number of ether oxygens (including phenoxy) is 10. The number of aliphatic hydroxyl groups excluding tert-OH is 16. The van der Waals surface area contributed by atoms with Gasteiger partial charge in [0.2, 0.25) is 11.8 Å². The molecule has 5 aliphatic heterocycles. The number of rotatable bonds is 37. The normalized spacial score (nSPS) is 38.1. The lowest BCUT2D eigenvalue weighted by Gasteiger charge is -2.52. The van der Waals surface area contributed by atoms with Crippen LogP contribution in [0.4, 0.5) is 0 Å². The molecule has 93 heavy (non-hydrogen) atoms. The number of alkyl halides is 2. The van der Waals surface area contributed by atoms with Gasteiger partial charge in [-0.3, -0.25) is 14.4 Å². The summed E-state index contributed by atoms with van der Waals surface area (Å²) in [6.07, 6.45) is -34.6. The van der Waals surface area contributed by atoms with Gasteiger partial charge in [-0.25, -0.2) is 4.79 Å². The van der Waals surface area contributed by atoms with E-state index in [1.807, 2.05) is 0 Å². The van der Waals surface area contributed by atoms with Gasteiger partial charge in [0.25, 0.3) is 11.7 Å². The first-order chi connectivity index (χ1) is 44.1. The third-order valence-corrected chi connectivity index (χ3v) is 17.2. The van der Waals surface area contributed by atoms with Gasteiger partial charge in [-0.05, 0) is 12.8 Å². The van der Waals surface area contributed by atoms with Crippen LogP contribution in [-0.4, -0.2) is 326 Å². The van der Waals surface area contributed by atoms with Gasteiger partial charge < -0.3 is 150 Å². The lowest BCUT2D eigenvalue weighted by Crippen LogP contribution is -2.72. The summed E-state index contributed by atoms with van der Waals surface area (Å²) in [6, 6.07) is -5.00. The van der Waals surface area contributed by atoms with Crippen LogP contribution >= 0.6 is 23.2 Å². The smallest absolute Gasteiger partial charge is 0.364 e. The van der Waals surface area contributed by atoms with E-state index in [-0.39, 0.29) is 0 Å². The molecule has 5 heterocycles. The van der Waals surface area contributed by atoms with Crippen molar-refractivity contribution in [3.8, 4) is 0 Å². The van der Waals surface area contributed by atoms with Crippen LogP contribution < -0.4 is 16.0 Å². The van der Waals surface area contributed by atoms with Crippen molar-refractivity contribution >= 4 is 46.9 Å². The Morgan fingerprint density at radius 2 is 1.06 bits per heavy atom. The van der Waals surface area contributed by atoms with Crippen molar-refractivity contribution in [3.63, 3.8) is 0 Å². The number of halogens is 2. The van der Waals surface area contributed by atoms with Crippen LogP contribution in [0.2, 0.25) is 0 Å². The zero-order chi connectivity index (χ0) is 69.0. The number of amides is 3. The second-order valence-corrected chi connectivity index (χ2v) is 24.9. The molecule has 0 aromatic heterocycles. The molecular weight excluding hydrogens is 1290 g/mol. The average Bonchev–Trinajstić information content (AvgIpc) is 0.772. The van der Waals surface area contributed by atoms with E-state index in [1.165, 1.54) is 44.6 Å². The SMILES string of the molecule is CCCCCCCCCCCCC/C=C/[C@@H](O)[C@H](CO[C@@H]1O[C@H](CO)[C@@H](O[C@@H]2O[C@H](CO)[C@H](O[C@@H]3O[C@H](CO)[C@H](O[C@H]4O[C@H](CO)[C@H](O)[C@H](O)[C@H]4O)[C@H](O)[C@H]3NC(C)=O)[C@H](O[C@]3(C(=O)O)C[C@H](O)[C@@H](NC(C)=O)[C@H]([C@H](O)[C@H](O)CO)O3)[C@H]2O)[C@H](O)[C@H]1O)NC(=O)C(Cl)Cl. The van der Waals surface area contributed by atoms with Crippen LogP contribution in [0.5, 0.6) is 0 Å². The van der Waals surface area contributed by atoms with Crippen LogP contribution in [0.3, 0.4) is 0 Å². The van der Waals surface area contributed by atoms with E-state index in [9.17, 15) is 106 Å². The summed E-state index contributed by atoms with van der Waals surface area (Å²) in [5, 5.41) is 194. The van der Waals surface area contributed by atoms with Crippen molar-refractivity contribution < 1.29 is 153 Å². The highest BCUT2D eigenvalue weighted by atomic mass is 35.5. The molecule has 0 aliphatic carbocycles. The van der Waals surface area contributed by atoms with Crippen LogP contribution in [0.1, 0.15) is 104 Å². The third kappa shape index (κ3) is 21.8. The fourth-order valence-electron chi connectivity index (χ4n) is 11.6. The van der Waals surface area contributed by atoms with E-state index >= 15 is 0 Å². The van der Waals surface area contributed by atoms with E-state index in [0.29, 0.717) is 6.42 Å². The maximum atomic E-state index is 13.7. The minimum Gasteiger partial charge on any atom is -0.477 e. The third-order valence-electron chi connectivity index (χ3n) is 16.8. The second kappa shape index (κ2) is 39.1. The Bertz CT molecular complexity index is 2280. The number of hydrogen-bond donors (Lipinski definition) is 20. The Morgan fingerprint density at radius 1 is 0.581 bits per heavy atom. The number of carbonyl (C=O) groups is 4. The number of unbranched alkanes of at least 4 members (excludes halogenated alkanes) is 11. The minimum atomic E-state index is -3.38. The first-order valence-corrected chi connectivity index (χ1v) is 32.1. The van der Waals surface area contributed by atoms with E-state index in [4.69, 9.17) is 70.6 Å². The number of aliphatic carboxylic acids is 1. The molecule has 28 atom stereocenters. The van der Waals surface area contributed by atoms with E-state index < -0.39 is 246 Å². The van der Waals surface area contributed by atoms with Gasteiger partial charge >= 0.3 is 5.97 Å². The summed E-state index contributed by atoms with van der Waals surface area (Å²) in [6.45, 7) is -2.12. The minimum absolute atomic E-state index is 0.579. The molecule has 5 rings (SSSR count). The molecule has 540 valence electrons. The number of carbonyl (C=O) groups excluding carboxylic acids is 3. The number of nitrogens with one attached hydrogen (secondary N) is 3. The summed E-state index contributed by atoms with van der Waals surface area (Å²) < 4.78 is 58.9. The lowest BCUT2D eigenvalue weighted by atomic mass is 9.88. The highest BCUT2D eigenvalue weighted by Crippen LogP contribution is 2.41. The molecule has 0 unspecified atom stereocenters. The second-order valence-electron chi connectivity index (χ2n) is 23.8. The maximum absolute atomic E-state index is 13.7. The van der Waals surface area contributed by atoms with Gasteiger partial charge in [-0.1, -0.05) is 106 Å². The zero-order valence-corrected chi connectivity index (χ0v) is 53.3. The predicted molar refractivity (Wildman–Crippen MR) is 314 cm³/mol. The Morgan fingerprint density at radius 3 is 1.60 bits per heavy atom. The number of hydrogen-bond acceptors (Lipinski definition) is 30. The van der Waals surface area contributed by atoms with Crippen LogP contribution in [0.15, 0.2) is 12.2 Å². The molecule has 0 aromatic rings. The van der Waals surface area contributed by atoms with Gasteiger partial charge in [0.15, 0.2) is 30.0 Å². The molecule has 0 spiro atoms. The van der Waals surface area contributed by atoms with Crippen molar-refractivity contribution in [1.29, 1.82) is 0 Å². The van der Waals surface area contributed by atoms with Gasteiger partial charge in [-0.15, -0.1) is 0 Å². The molecule has 0 radical (unpaired) electrons. The summed E-state index contributed by atoms with van der Waals surface area (Å²) in [4.78, 5) is 50.0. The molecule has 0 saturated carbocycles. The first kappa shape index (κ1) is 80.8. The number of carboxylic acid groups (broad SMARTS) is 1. The summed E-state index contributed by atoms with van der Waals surface area (Å²) >= 11 is 11.6.